The lowest BCUT2D eigenvalue weighted by Gasteiger charge is -2.33. The fourth-order valence-corrected chi connectivity index (χ4v) is 3.81. The molecule has 1 aliphatic rings. The van der Waals surface area contributed by atoms with Gasteiger partial charge in [-0.05, 0) is 37.1 Å². The second-order valence-corrected chi connectivity index (χ2v) is 7.26. The molecule has 3 aromatic rings. The van der Waals surface area contributed by atoms with Crippen LogP contribution in [0.15, 0.2) is 35.4 Å². The molecule has 7 nitrogen and oxygen atoms in total. The number of benzene rings is 1. The lowest BCUT2D eigenvalue weighted by Crippen LogP contribution is -2.43. The van der Waals surface area contributed by atoms with E-state index in [1.807, 2.05) is 16.7 Å². The molecule has 0 radical (unpaired) electrons. The van der Waals surface area contributed by atoms with Gasteiger partial charge in [-0.3, -0.25) is 9.36 Å². The third-order valence-corrected chi connectivity index (χ3v) is 5.21. The molecule has 1 aliphatic heterocycles. The summed E-state index contributed by atoms with van der Waals surface area (Å²) in [7, 11) is 1.65. The number of aryl methyl sites for hydroxylation is 1. The van der Waals surface area contributed by atoms with Gasteiger partial charge < -0.3 is 15.2 Å². The van der Waals surface area contributed by atoms with Gasteiger partial charge in [-0.1, -0.05) is 11.6 Å². The van der Waals surface area contributed by atoms with Crippen LogP contribution in [0.25, 0.3) is 16.7 Å². The van der Waals surface area contributed by atoms with E-state index in [2.05, 4.69) is 16.0 Å². The molecule has 1 atom stereocenters. The summed E-state index contributed by atoms with van der Waals surface area (Å²) in [6.45, 7) is 1.39. The number of hydrogen-bond acceptors (Lipinski definition) is 5. The molecule has 0 saturated carbocycles. The van der Waals surface area contributed by atoms with Crippen molar-refractivity contribution in [1.29, 1.82) is 5.26 Å². The maximum Gasteiger partial charge on any atom is 0.278 e. The molecule has 3 heterocycles. The van der Waals surface area contributed by atoms with Gasteiger partial charge in [-0.15, -0.1) is 12.4 Å². The van der Waals surface area contributed by atoms with Gasteiger partial charge in [0.25, 0.3) is 5.56 Å². The van der Waals surface area contributed by atoms with Gasteiger partial charge in [0, 0.05) is 36.9 Å². The predicted molar refractivity (Wildman–Crippen MR) is 113 cm³/mol. The smallest absolute Gasteiger partial charge is 0.278 e. The van der Waals surface area contributed by atoms with Crippen molar-refractivity contribution in [1.82, 2.24) is 14.1 Å². The minimum atomic E-state index is -0.209. The van der Waals surface area contributed by atoms with E-state index in [1.54, 1.807) is 19.2 Å². The van der Waals surface area contributed by atoms with Crippen LogP contribution < -0.4 is 16.2 Å². The summed E-state index contributed by atoms with van der Waals surface area (Å²) < 4.78 is 3.24. The van der Waals surface area contributed by atoms with E-state index < -0.39 is 0 Å². The first kappa shape index (κ1) is 20.2. The van der Waals surface area contributed by atoms with Gasteiger partial charge in [-0.2, -0.15) is 5.26 Å². The quantitative estimate of drug-likeness (QED) is 0.689. The number of nitrogens with zero attached hydrogens (tertiary/aromatic N) is 5. The van der Waals surface area contributed by atoms with E-state index in [-0.39, 0.29) is 24.0 Å². The second kappa shape index (κ2) is 7.84. The highest BCUT2D eigenvalue weighted by atomic mass is 35.5. The van der Waals surface area contributed by atoms with Gasteiger partial charge >= 0.3 is 0 Å². The van der Waals surface area contributed by atoms with Crippen molar-refractivity contribution in [2.75, 3.05) is 18.0 Å². The van der Waals surface area contributed by atoms with Crippen LogP contribution in [-0.2, 0) is 7.05 Å². The number of anilines is 1. The van der Waals surface area contributed by atoms with E-state index in [9.17, 15) is 10.1 Å². The minimum Gasteiger partial charge on any atom is -0.355 e. The van der Waals surface area contributed by atoms with Crippen LogP contribution >= 0.6 is 24.0 Å². The largest absolute Gasteiger partial charge is 0.355 e. The molecule has 1 aromatic carbocycles. The summed E-state index contributed by atoms with van der Waals surface area (Å²) in [5.41, 5.74) is 7.91. The Labute approximate surface area is 173 Å². The molecular formula is C19H20Cl2N6O. The van der Waals surface area contributed by atoms with Crippen molar-refractivity contribution in [3.63, 3.8) is 0 Å². The lowest BCUT2D eigenvalue weighted by atomic mass is 10.1. The van der Waals surface area contributed by atoms with Crippen LogP contribution in [0.2, 0.25) is 5.02 Å². The van der Waals surface area contributed by atoms with Crippen LogP contribution in [0.4, 0.5) is 5.82 Å². The number of nitriles is 1. The van der Waals surface area contributed by atoms with Gasteiger partial charge in [0.15, 0.2) is 0 Å². The Balaban J connectivity index is 0.00000225. The minimum absolute atomic E-state index is 0. The van der Waals surface area contributed by atoms with Crippen LogP contribution in [-0.4, -0.2) is 33.2 Å². The Morgan fingerprint density at radius 2 is 2.04 bits per heavy atom. The average molecular weight is 419 g/mol. The number of aromatic nitrogens is 3. The van der Waals surface area contributed by atoms with E-state index >= 15 is 0 Å². The highest BCUT2D eigenvalue weighted by Gasteiger charge is 2.28. The van der Waals surface area contributed by atoms with Crippen molar-refractivity contribution in [3.8, 4) is 11.8 Å². The van der Waals surface area contributed by atoms with Crippen molar-refractivity contribution < 1.29 is 0 Å². The van der Waals surface area contributed by atoms with Crippen LogP contribution in [0.1, 0.15) is 18.4 Å². The van der Waals surface area contributed by atoms with Gasteiger partial charge in [0.05, 0.1) is 6.33 Å². The molecular weight excluding hydrogens is 399 g/mol. The Morgan fingerprint density at radius 3 is 2.68 bits per heavy atom. The summed E-state index contributed by atoms with van der Waals surface area (Å²) in [6, 6.07) is 9.49. The third-order valence-electron chi connectivity index (χ3n) is 4.96. The molecule has 1 saturated heterocycles. The fraction of sp³-hybridized carbons (Fsp3) is 0.316. The van der Waals surface area contributed by atoms with Crippen LogP contribution in [0.3, 0.4) is 0 Å². The van der Waals surface area contributed by atoms with E-state index in [0.29, 0.717) is 34.0 Å². The summed E-state index contributed by atoms with van der Waals surface area (Å²) in [5, 5.41) is 10.5. The first-order valence-corrected chi connectivity index (χ1v) is 9.15. The maximum absolute atomic E-state index is 12.9. The number of fused-ring (bicyclic) bond motifs is 1. The van der Waals surface area contributed by atoms with Gasteiger partial charge in [0.2, 0.25) is 0 Å². The number of nitrogens with two attached hydrogens (primary N) is 1. The molecule has 1 fully saturated rings. The molecule has 9 heteroatoms. The average Bonchev–Trinajstić information content (AvgIpc) is 3.00. The SMILES string of the molecule is Cl.Cn1cnc2c(C#N)c(N3CCC[C@H](N)C3)n(-c3ccc(Cl)cc3)c2c1=O. The number of hydrogen-bond donors (Lipinski definition) is 1. The highest BCUT2D eigenvalue weighted by molar-refractivity contribution is 6.30. The molecule has 4 rings (SSSR count). The van der Waals surface area contributed by atoms with Crippen molar-refractivity contribution in [2.24, 2.45) is 12.8 Å². The molecule has 2 aromatic heterocycles. The van der Waals surface area contributed by atoms with Crippen LogP contribution in [0, 0.1) is 11.3 Å². The third kappa shape index (κ3) is 3.24. The number of halogens is 2. The Kier molecular flexibility index (Phi) is 5.66. The lowest BCUT2D eigenvalue weighted by molar-refractivity contribution is 0.501. The topological polar surface area (TPSA) is 92.9 Å². The first-order valence-electron chi connectivity index (χ1n) is 8.78. The summed E-state index contributed by atoms with van der Waals surface area (Å²) in [6.07, 6.45) is 3.32. The number of rotatable bonds is 2. The molecule has 0 unspecified atom stereocenters. The van der Waals surface area contributed by atoms with Crippen molar-refractivity contribution >= 4 is 40.9 Å². The summed E-state index contributed by atoms with van der Waals surface area (Å²) in [5.74, 6) is 0.667. The molecule has 146 valence electrons. The van der Waals surface area contributed by atoms with Gasteiger partial charge in [-0.25, -0.2) is 4.98 Å². The number of piperidine rings is 1. The monoisotopic (exact) mass is 418 g/mol. The fourth-order valence-electron chi connectivity index (χ4n) is 3.68. The summed E-state index contributed by atoms with van der Waals surface area (Å²) in [4.78, 5) is 19.4. The predicted octanol–water partition coefficient (Wildman–Crippen LogP) is 2.60. The Morgan fingerprint density at radius 1 is 1.32 bits per heavy atom. The maximum atomic E-state index is 12.9. The molecule has 0 amide bonds. The Bertz CT molecular complexity index is 1110. The second-order valence-electron chi connectivity index (χ2n) is 6.83. The van der Waals surface area contributed by atoms with Crippen LogP contribution in [0.5, 0.6) is 0 Å². The zero-order valence-electron chi connectivity index (χ0n) is 15.3. The van der Waals surface area contributed by atoms with Crippen molar-refractivity contribution in [3.05, 3.63) is 51.5 Å². The Hall–Kier alpha value is -2.53. The highest BCUT2D eigenvalue weighted by Crippen LogP contribution is 2.34. The van der Waals surface area contributed by atoms with Gasteiger partial charge in [0.1, 0.15) is 28.5 Å². The molecule has 28 heavy (non-hydrogen) atoms. The standard InChI is InChI=1S/C19H19ClN6O.ClH/c1-24-11-23-16-15(9-21)18(25-8-2-3-13(22)10-25)26(17(16)19(24)27)14-6-4-12(20)5-7-14;/h4-7,11,13H,2-3,8,10,22H2,1H3;1H/t13-;/m0./s1. The zero-order chi connectivity index (χ0) is 19.1. The molecule has 2 N–H and O–H groups in total. The summed E-state index contributed by atoms with van der Waals surface area (Å²) >= 11 is 6.05. The normalized spacial score (nSPS) is 16.6. The zero-order valence-corrected chi connectivity index (χ0v) is 16.9. The van der Waals surface area contributed by atoms with E-state index in [0.717, 1.165) is 25.1 Å². The first-order chi connectivity index (χ1) is 13.0. The van der Waals surface area contributed by atoms with E-state index in [1.165, 1.54) is 10.9 Å². The van der Waals surface area contributed by atoms with Crippen molar-refractivity contribution in [2.45, 2.75) is 18.9 Å². The molecule has 0 aliphatic carbocycles. The van der Waals surface area contributed by atoms with E-state index in [4.69, 9.17) is 17.3 Å². The molecule has 0 bridgehead atoms. The molecule has 0 spiro atoms.